The fourth-order valence-electron chi connectivity index (χ4n) is 2.15. The average molecular weight is 316 g/mol. The Balaban J connectivity index is 2.35. The summed E-state index contributed by atoms with van der Waals surface area (Å²) in [5.41, 5.74) is -0.873. The van der Waals surface area contributed by atoms with Gasteiger partial charge in [0, 0.05) is 25.9 Å². The van der Waals surface area contributed by atoms with Crippen molar-refractivity contribution in [2.24, 2.45) is 7.05 Å². The van der Waals surface area contributed by atoms with E-state index in [9.17, 15) is 14.4 Å². The Kier molecular flexibility index (Phi) is 4.45. The Morgan fingerprint density at radius 1 is 1.43 bits per heavy atom. The van der Waals surface area contributed by atoms with Crippen molar-refractivity contribution in [3.8, 4) is 6.07 Å². The quantitative estimate of drug-likeness (QED) is 0.823. The first kappa shape index (κ1) is 16.2. The van der Waals surface area contributed by atoms with Crippen LogP contribution in [0.3, 0.4) is 0 Å². The van der Waals surface area contributed by atoms with Crippen molar-refractivity contribution in [3.05, 3.63) is 44.4 Å². The van der Waals surface area contributed by atoms with Crippen LogP contribution >= 0.6 is 0 Å². The van der Waals surface area contributed by atoms with Gasteiger partial charge in [0.15, 0.2) is 0 Å². The molecule has 1 amide bonds. The minimum atomic E-state index is -0.779. The van der Waals surface area contributed by atoms with Crippen LogP contribution in [0.1, 0.15) is 18.2 Å². The molecule has 0 bridgehead atoms. The first-order valence-corrected chi connectivity index (χ1v) is 6.92. The van der Waals surface area contributed by atoms with Crippen molar-refractivity contribution in [3.63, 3.8) is 0 Å². The largest absolute Gasteiger partial charge is 0.331 e. The zero-order valence-electron chi connectivity index (χ0n) is 13.0. The molecular formula is C14H16N6O3. The lowest BCUT2D eigenvalue weighted by Crippen LogP contribution is -2.43. The van der Waals surface area contributed by atoms with Gasteiger partial charge >= 0.3 is 5.69 Å². The number of nitriles is 1. The van der Waals surface area contributed by atoms with E-state index in [1.54, 1.807) is 33.0 Å². The van der Waals surface area contributed by atoms with E-state index in [1.807, 2.05) is 0 Å². The number of amides is 1. The highest BCUT2D eigenvalue weighted by molar-refractivity contribution is 5.89. The van der Waals surface area contributed by atoms with Crippen molar-refractivity contribution < 1.29 is 4.79 Å². The summed E-state index contributed by atoms with van der Waals surface area (Å²) in [4.78, 5) is 36.3. The van der Waals surface area contributed by atoms with E-state index in [-0.39, 0.29) is 12.1 Å². The third kappa shape index (κ3) is 3.21. The highest BCUT2D eigenvalue weighted by atomic mass is 16.2. The van der Waals surface area contributed by atoms with E-state index in [2.05, 4.69) is 10.4 Å². The normalized spacial score (nSPS) is 10.3. The molecule has 0 aliphatic carbocycles. The van der Waals surface area contributed by atoms with Crippen LogP contribution in [0.4, 0.5) is 5.82 Å². The van der Waals surface area contributed by atoms with Crippen molar-refractivity contribution in [2.45, 2.75) is 26.9 Å². The van der Waals surface area contributed by atoms with Gasteiger partial charge in [0.1, 0.15) is 24.0 Å². The maximum absolute atomic E-state index is 12.2. The van der Waals surface area contributed by atoms with E-state index in [0.29, 0.717) is 5.82 Å². The van der Waals surface area contributed by atoms with E-state index in [0.717, 1.165) is 10.3 Å². The number of anilines is 1. The SMILES string of the molecule is CCn1cc(C#N)c(=O)n(CC(=O)Nc2cc(C)nn2C)c1=O. The molecule has 0 saturated carbocycles. The molecule has 9 heteroatoms. The lowest BCUT2D eigenvalue weighted by Gasteiger charge is -2.10. The lowest BCUT2D eigenvalue weighted by molar-refractivity contribution is -0.116. The Hall–Kier alpha value is -3.15. The lowest BCUT2D eigenvalue weighted by atomic mass is 10.3. The topological polar surface area (TPSA) is 115 Å². The van der Waals surface area contributed by atoms with Crippen LogP contribution in [0, 0.1) is 18.3 Å². The smallest absolute Gasteiger partial charge is 0.309 e. The summed E-state index contributed by atoms with van der Waals surface area (Å²) in [5, 5.41) is 15.6. The second-order valence-corrected chi connectivity index (χ2v) is 4.96. The van der Waals surface area contributed by atoms with Gasteiger partial charge in [-0.25, -0.2) is 9.36 Å². The predicted octanol–water partition coefficient (Wildman–Crippen LogP) is -0.418. The molecule has 0 saturated heterocycles. The standard InChI is InChI=1S/C14H16N6O3/c1-4-19-7-10(6-15)13(22)20(14(19)23)8-12(21)16-11-5-9(2)17-18(11)3/h5,7H,4,8H2,1-3H3,(H,16,21). The van der Waals surface area contributed by atoms with Crippen molar-refractivity contribution >= 4 is 11.7 Å². The first-order valence-electron chi connectivity index (χ1n) is 6.92. The van der Waals surface area contributed by atoms with Crippen LogP contribution in [0.5, 0.6) is 0 Å². The predicted molar refractivity (Wildman–Crippen MR) is 81.9 cm³/mol. The molecule has 0 aliphatic heterocycles. The Morgan fingerprint density at radius 3 is 2.65 bits per heavy atom. The summed E-state index contributed by atoms with van der Waals surface area (Å²) in [7, 11) is 1.66. The molecule has 0 spiro atoms. The molecule has 0 radical (unpaired) electrons. The molecule has 0 atom stereocenters. The van der Waals surface area contributed by atoms with Crippen molar-refractivity contribution in [1.82, 2.24) is 18.9 Å². The minimum absolute atomic E-state index is 0.185. The average Bonchev–Trinajstić information content (AvgIpc) is 2.81. The van der Waals surface area contributed by atoms with E-state index in [4.69, 9.17) is 5.26 Å². The van der Waals surface area contributed by atoms with Crippen LogP contribution < -0.4 is 16.6 Å². The molecule has 9 nitrogen and oxygen atoms in total. The number of nitrogens with zero attached hydrogens (tertiary/aromatic N) is 5. The number of carbonyl (C=O) groups is 1. The van der Waals surface area contributed by atoms with E-state index in [1.165, 1.54) is 15.4 Å². The third-order valence-electron chi connectivity index (χ3n) is 3.27. The first-order chi connectivity index (χ1) is 10.9. The summed E-state index contributed by atoms with van der Waals surface area (Å²) >= 11 is 0. The van der Waals surface area contributed by atoms with Gasteiger partial charge in [-0.2, -0.15) is 10.4 Å². The van der Waals surface area contributed by atoms with Crippen LogP contribution in [0.25, 0.3) is 0 Å². The molecule has 0 aliphatic rings. The van der Waals surface area contributed by atoms with E-state index >= 15 is 0 Å². The van der Waals surface area contributed by atoms with Gasteiger partial charge in [0.05, 0.1) is 5.69 Å². The maximum Gasteiger partial charge on any atom is 0.331 e. The fourth-order valence-corrected chi connectivity index (χ4v) is 2.15. The van der Waals surface area contributed by atoms with Gasteiger partial charge in [0.25, 0.3) is 5.56 Å². The summed E-state index contributed by atoms with van der Waals surface area (Å²) in [6.45, 7) is 3.29. The molecule has 23 heavy (non-hydrogen) atoms. The number of aromatic nitrogens is 4. The summed E-state index contributed by atoms with van der Waals surface area (Å²) in [5.74, 6) is -0.0993. The Morgan fingerprint density at radius 2 is 2.13 bits per heavy atom. The van der Waals surface area contributed by atoms with Gasteiger partial charge in [-0.3, -0.25) is 18.8 Å². The second kappa shape index (κ2) is 6.31. The zero-order chi connectivity index (χ0) is 17.1. The van der Waals surface area contributed by atoms with Gasteiger partial charge in [-0.1, -0.05) is 0 Å². The molecule has 2 aromatic heterocycles. The Bertz CT molecular complexity index is 912. The highest BCUT2D eigenvalue weighted by Crippen LogP contribution is 2.07. The molecule has 0 aromatic carbocycles. The molecule has 120 valence electrons. The molecule has 2 aromatic rings. The maximum atomic E-state index is 12.2. The van der Waals surface area contributed by atoms with Crippen molar-refractivity contribution in [2.75, 3.05) is 5.32 Å². The van der Waals surface area contributed by atoms with Crippen LogP contribution in [-0.4, -0.2) is 24.8 Å². The molecule has 0 fully saturated rings. The molecule has 2 rings (SSSR count). The van der Waals surface area contributed by atoms with Gasteiger partial charge in [0.2, 0.25) is 5.91 Å². The van der Waals surface area contributed by atoms with Crippen LogP contribution in [0.15, 0.2) is 21.9 Å². The van der Waals surface area contributed by atoms with Crippen LogP contribution in [0.2, 0.25) is 0 Å². The monoisotopic (exact) mass is 316 g/mol. The number of hydrogen-bond acceptors (Lipinski definition) is 5. The Labute approximate surface area is 131 Å². The zero-order valence-corrected chi connectivity index (χ0v) is 13.0. The number of carbonyl (C=O) groups excluding carboxylic acids is 1. The minimum Gasteiger partial charge on any atom is -0.309 e. The van der Waals surface area contributed by atoms with Gasteiger partial charge < -0.3 is 5.32 Å². The van der Waals surface area contributed by atoms with Crippen LogP contribution in [-0.2, 0) is 24.9 Å². The second-order valence-electron chi connectivity index (χ2n) is 4.96. The third-order valence-corrected chi connectivity index (χ3v) is 3.27. The number of rotatable bonds is 4. The van der Waals surface area contributed by atoms with Gasteiger partial charge in [-0.05, 0) is 13.8 Å². The molecule has 2 heterocycles. The fraction of sp³-hybridized carbons (Fsp3) is 0.357. The molecular weight excluding hydrogens is 300 g/mol. The van der Waals surface area contributed by atoms with Crippen molar-refractivity contribution in [1.29, 1.82) is 5.26 Å². The summed E-state index contributed by atoms with van der Waals surface area (Å²) in [6, 6.07) is 3.40. The molecule has 0 unspecified atom stereocenters. The number of nitrogens with one attached hydrogen (secondary N) is 1. The summed E-state index contributed by atoms with van der Waals surface area (Å²) in [6.07, 6.45) is 1.20. The summed E-state index contributed by atoms with van der Waals surface area (Å²) < 4.78 is 3.44. The van der Waals surface area contributed by atoms with Gasteiger partial charge in [-0.15, -0.1) is 0 Å². The highest BCUT2D eigenvalue weighted by Gasteiger charge is 2.15. The molecule has 1 N–H and O–H groups in total. The van der Waals surface area contributed by atoms with E-state index < -0.39 is 23.7 Å². The number of hydrogen-bond donors (Lipinski definition) is 1. The number of aryl methyl sites for hydroxylation is 3.